The van der Waals surface area contributed by atoms with Crippen LogP contribution in [0.25, 0.3) is 11.5 Å². The third-order valence-corrected chi connectivity index (χ3v) is 4.90. The molecule has 0 radical (unpaired) electrons. The molecule has 0 bridgehead atoms. The van der Waals surface area contributed by atoms with E-state index in [4.69, 9.17) is 9.15 Å². The molecular weight excluding hydrogens is 310 g/mol. The molecule has 0 amide bonds. The van der Waals surface area contributed by atoms with Crippen molar-refractivity contribution in [2.45, 2.75) is 39.5 Å². The molecular formula is C22H23NO2. The highest BCUT2D eigenvalue weighted by Crippen LogP contribution is 2.29. The topological polar surface area (TPSA) is 35.3 Å². The molecule has 128 valence electrons. The van der Waals surface area contributed by atoms with E-state index in [0.29, 0.717) is 12.5 Å². The summed E-state index contributed by atoms with van der Waals surface area (Å²) in [6, 6.07) is 14.5. The van der Waals surface area contributed by atoms with Crippen LogP contribution in [0.3, 0.4) is 0 Å². The van der Waals surface area contributed by atoms with Gasteiger partial charge in [0.2, 0.25) is 5.89 Å². The van der Waals surface area contributed by atoms with Gasteiger partial charge in [0.25, 0.3) is 0 Å². The van der Waals surface area contributed by atoms with Crippen LogP contribution in [0.1, 0.15) is 34.6 Å². The summed E-state index contributed by atoms with van der Waals surface area (Å²) in [5.41, 5.74) is 6.14. The predicted octanol–water partition coefficient (Wildman–Crippen LogP) is 5.07. The maximum absolute atomic E-state index is 6.05. The van der Waals surface area contributed by atoms with Crippen molar-refractivity contribution < 1.29 is 9.15 Å². The number of rotatable bonds is 5. The Labute approximate surface area is 148 Å². The molecule has 3 aromatic rings. The molecule has 0 atom stereocenters. The average molecular weight is 333 g/mol. The van der Waals surface area contributed by atoms with Crippen molar-refractivity contribution >= 4 is 0 Å². The SMILES string of the molecule is Cc1cc2c(cc1OCCc1nc(-c3ccccc3)oc1C)CCC2. The highest BCUT2D eigenvalue weighted by molar-refractivity contribution is 5.53. The van der Waals surface area contributed by atoms with E-state index in [1.54, 1.807) is 0 Å². The second-order valence-corrected chi connectivity index (χ2v) is 6.73. The van der Waals surface area contributed by atoms with E-state index in [2.05, 4.69) is 24.0 Å². The first-order valence-corrected chi connectivity index (χ1v) is 8.97. The van der Waals surface area contributed by atoms with E-state index in [9.17, 15) is 0 Å². The van der Waals surface area contributed by atoms with Crippen LogP contribution in [-0.2, 0) is 19.3 Å². The lowest BCUT2D eigenvalue weighted by Crippen LogP contribution is -2.04. The molecule has 1 heterocycles. The van der Waals surface area contributed by atoms with Gasteiger partial charge >= 0.3 is 0 Å². The molecule has 25 heavy (non-hydrogen) atoms. The van der Waals surface area contributed by atoms with E-state index in [-0.39, 0.29) is 0 Å². The molecule has 3 nitrogen and oxygen atoms in total. The van der Waals surface area contributed by atoms with Crippen LogP contribution in [0, 0.1) is 13.8 Å². The highest BCUT2D eigenvalue weighted by atomic mass is 16.5. The third kappa shape index (κ3) is 3.32. The lowest BCUT2D eigenvalue weighted by Gasteiger charge is -2.11. The Balaban J connectivity index is 1.43. The standard InChI is InChI=1S/C22H23NO2/c1-15-13-18-9-6-10-19(18)14-21(15)24-12-11-20-16(2)25-22(23-20)17-7-4-3-5-8-17/h3-5,7-8,13-14H,6,9-12H2,1-2H3. The van der Waals surface area contributed by atoms with E-state index >= 15 is 0 Å². The van der Waals surface area contributed by atoms with Crippen LogP contribution in [0.2, 0.25) is 0 Å². The first-order chi connectivity index (χ1) is 12.2. The number of aryl methyl sites for hydroxylation is 4. The van der Waals surface area contributed by atoms with Crippen LogP contribution in [0.15, 0.2) is 46.9 Å². The fourth-order valence-electron chi connectivity index (χ4n) is 3.50. The highest BCUT2D eigenvalue weighted by Gasteiger charge is 2.15. The Morgan fingerprint density at radius 3 is 2.60 bits per heavy atom. The van der Waals surface area contributed by atoms with Crippen molar-refractivity contribution in [1.29, 1.82) is 0 Å². The quantitative estimate of drug-likeness (QED) is 0.654. The van der Waals surface area contributed by atoms with Gasteiger partial charge in [-0.15, -0.1) is 0 Å². The van der Waals surface area contributed by atoms with Crippen molar-refractivity contribution in [2.24, 2.45) is 0 Å². The fourth-order valence-corrected chi connectivity index (χ4v) is 3.50. The molecule has 0 fully saturated rings. The molecule has 1 aliphatic carbocycles. The number of fused-ring (bicyclic) bond motifs is 1. The summed E-state index contributed by atoms with van der Waals surface area (Å²) in [5, 5.41) is 0. The number of hydrogen-bond donors (Lipinski definition) is 0. The van der Waals surface area contributed by atoms with E-state index in [1.807, 2.05) is 37.3 Å². The van der Waals surface area contributed by atoms with Crippen LogP contribution >= 0.6 is 0 Å². The van der Waals surface area contributed by atoms with Crippen LogP contribution in [-0.4, -0.2) is 11.6 Å². The van der Waals surface area contributed by atoms with Gasteiger partial charge in [-0.25, -0.2) is 4.98 Å². The molecule has 1 aromatic heterocycles. The maximum Gasteiger partial charge on any atom is 0.226 e. The second kappa shape index (κ2) is 6.75. The van der Waals surface area contributed by atoms with Crippen LogP contribution in [0.5, 0.6) is 5.75 Å². The Morgan fingerprint density at radius 1 is 1.04 bits per heavy atom. The minimum Gasteiger partial charge on any atom is -0.493 e. The molecule has 4 rings (SSSR count). The van der Waals surface area contributed by atoms with Crippen molar-refractivity contribution in [3.8, 4) is 17.2 Å². The van der Waals surface area contributed by atoms with Gasteiger partial charge in [0.1, 0.15) is 11.5 Å². The summed E-state index contributed by atoms with van der Waals surface area (Å²) in [7, 11) is 0. The Kier molecular flexibility index (Phi) is 4.31. The zero-order valence-electron chi connectivity index (χ0n) is 14.8. The number of benzene rings is 2. The molecule has 0 N–H and O–H groups in total. The normalized spacial score (nSPS) is 13.0. The van der Waals surface area contributed by atoms with Crippen molar-refractivity contribution in [3.63, 3.8) is 0 Å². The number of aromatic nitrogens is 1. The van der Waals surface area contributed by atoms with Gasteiger partial charge in [-0.3, -0.25) is 0 Å². The van der Waals surface area contributed by atoms with Crippen LogP contribution < -0.4 is 4.74 Å². The molecule has 1 aliphatic rings. The van der Waals surface area contributed by atoms with Gasteiger partial charge in [0.15, 0.2) is 0 Å². The summed E-state index contributed by atoms with van der Waals surface area (Å²) in [6.45, 7) is 4.71. The Bertz CT molecular complexity index is 881. The van der Waals surface area contributed by atoms with Crippen molar-refractivity contribution in [1.82, 2.24) is 4.98 Å². The molecule has 0 spiro atoms. The van der Waals surface area contributed by atoms with Gasteiger partial charge < -0.3 is 9.15 Å². The summed E-state index contributed by atoms with van der Waals surface area (Å²) < 4.78 is 11.9. The molecule has 0 saturated carbocycles. The van der Waals surface area contributed by atoms with Gasteiger partial charge in [-0.05, 0) is 68.0 Å². The van der Waals surface area contributed by atoms with Crippen molar-refractivity contribution in [3.05, 3.63) is 70.6 Å². The number of hydrogen-bond acceptors (Lipinski definition) is 3. The summed E-state index contributed by atoms with van der Waals surface area (Å²) in [4.78, 5) is 4.64. The van der Waals surface area contributed by atoms with Gasteiger partial charge in [0, 0.05) is 12.0 Å². The van der Waals surface area contributed by atoms with Gasteiger partial charge in [0.05, 0.1) is 12.3 Å². The second-order valence-electron chi connectivity index (χ2n) is 6.73. The van der Waals surface area contributed by atoms with Gasteiger partial charge in [-0.2, -0.15) is 0 Å². The number of nitrogens with zero attached hydrogens (tertiary/aromatic N) is 1. The number of oxazole rings is 1. The van der Waals surface area contributed by atoms with E-state index < -0.39 is 0 Å². The monoisotopic (exact) mass is 333 g/mol. The molecule has 3 heteroatoms. The lowest BCUT2D eigenvalue weighted by atomic mass is 10.1. The van der Waals surface area contributed by atoms with Gasteiger partial charge in [-0.1, -0.05) is 24.3 Å². The maximum atomic E-state index is 6.05. The van der Waals surface area contributed by atoms with Crippen LogP contribution in [0.4, 0.5) is 0 Å². The fraction of sp³-hybridized carbons (Fsp3) is 0.318. The average Bonchev–Trinajstić information content (AvgIpc) is 3.22. The Morgan fingerprint density at radius 2 is 1.80 bits per heavy atom. The Hall–Kier alpha value is -2.55. The third-order valence-electron chi connectivity index (χ3n) is 4.90. The molecule has 0 saturated heterocycles. The lowest BCUT2D eigenvalue weighted by molar-refractivity contribution is 0.317. The summed E-state index contributed by atoms with van der Waals surface area (Å²) >= 11 is 0. The minimum absolute atomic E-state index is 0.612. The minimum atomic E-state index is 0.612. The molecule has 0 unspecified atom stereocenters. The van der Waals surface area contributed by atoms with E-state index in [0.717, 1.165) is 29.2 Å². The smallest absolute Gasteiger partial charge is 0.226 e. The first-order valence-electron chi connectivity index (χ1n) is 8.97. The summed E-state index contributed by atoms with van der Waals surface area (Å²) in [6.07, 6.45) is 4.39. The summed E-state index contributed by atoms with van der Waals surface area (Å²) in [5.74, 6) is 2.56. The van der Waals surface area contributed by atoms with E-state index in [1.165, 1.54) is 36.0 Å². The molecule has 2 aromatic carbocycles. The zero-order chi connectivity index (χ0) is 17.2. The zero-order valence-corrected chi connectivity index (χ0v) is 14.8. The first kappa shape index (κ1) is 15.9. The largest absolute Gasteiger partial charge is 0.493 e. The number of ether oxygens (including phenoxy) is 1. The van der Waals surface area contributed by atoms with Crippen molar-refractivity contribution in [2.75, 3.05) is 6.61 Å². The predicted molar refractivity (Wildman–Crippen MR) is 99.1 cm³/mol. The molecule has 0 aliphatic heterocycles.